The quantitative estimate of drug-likeness (QED) is 0.766. The monoisotopic (exact) mass is 252 g/mol. The molecular formula is C10H9ClN4O2. The van der Waals surface area contributed by atoms with Gasteiger partial charge in [-0.15, -0.1) is 10.2 Å². The first-order chi connectivity index (χ1) is 8.20. The first kappa shape index (κ1) is 11.5. The zero-order valence-corrected chi connectivity index (χ0v) is 9.76. The summed E-state index contributed by atoms with van der Waals surface area (Å²) < 4.78 is 5.42. The number of ether oxygens (including phenoxy) is 1. The molecule has 88 valence electrons. The maximum absolute atomic E-state index is 10.8. The molecule has 0 radical (unpaired) electrons. The molecule has 0 amide bonds. The van der Waals surface area contributed by atoms with Gasteiger partial charge in [0, 0.05) is 0 Å². The Kier molecular flexibility index (Phi) is 3.34. The molecule has 6 nitrogen and oxygen atoms in total. The summed E-state index contributed by atoms with van der Waals surface area (Å²) in [6, 6.07) is 4.95. The van der Waals surface area contributed by atoms with Crippen molar-refractivity contribution in [3.8, 4) is 5.75 Å². The first-order valence-corrected chi connectivity index (χ1v) is 5.18. The van der Waals surface area contributed by atoms with E-state index in [9.17, 15) is 4.79 Å². The fourth-order valence-electron chi connectivity index (χ4n) is 1.29. The summed E-state index contributed by atoms with van der Waals surface area (Å²) in [6.07, 6.45) is 0.686. The number of carbonyl (C=O) groups excluding carboxylic acids is 1. The molecule has 0 fully saturated rings. The first-order valence-electron chi connectivity index (χ1n) is 4.80. The Morgan fingerprint density at radius 1 is 1.53 bits per heavy atom. The number of rotatable bonds is 4. The van der Waals surface area contributed by atoms with Crippen LogP contribution >= 0.6 is 11.6 Å². The van der Waals surface area contributed by atoms with E-state index in [4.69, 9.17) is 16.3 Å². The van der Waals surface area contributed by atoms with E-state index in [1.165, 1.54) is 4.80 Å². The fraction of sp³-hybridized carbons (Fsp3) is 0.200. The van der Waals surface area contributed by atoms with Gasteiger partial charge in [-0.05, 0) is 17.3 Å². The van der Waals surface area contributed by atoms with Crippen LogP contribution in [-0.2, 0) is 13.7 Å². The lowest BCUT2D eigenvalue weighted by Crippen LogP contribution is -2.01. The number of nitrogens with zero attached hydrogens (tertiary/aromatic N) is 4. The van der Waals surface area contributed by atoms with Gasteiger partial charge < -0.3 is 4.74 Å². The van der Waals surface area contributed by atoms with Crippen molar-refractivity contribution in [3.05, 3.63) is 34.6 Å². The molecule has 1 aromatic carbocycles. The summed E-state index contributed by atoms with van der Waals surface area (Å²) in [5, 5.41) is 11.8. The minimum Gasteiger partial charge on any atom is -0.483 e. The van der Waals surface area contributed by atoms with Crippen molar-refractivity contribution in [2.75, 3.05) is 0 Å². The highest BCUT2D eigenvalue weighted by Crippen LogP contribution is 2.27. The molecular weight excluding hydrogens is 244 g/mol. The number of aldehydes is 1. The van der Waals surface area contributed by atoms with Crippen molar-refractivity contribution in [1.29, 1.82) is 0 Å². The van der Waals surface area contributed by atoms with Crippen LogP contribution in [0.5, 0.6) is 5.75 Å². The zero-order valence-electron chi connectivity index (χ0n) is 9.00. The van der Waals surface area contributed by atoms with Gasteiger partial charge in [-0.3, -0.25) is 4.79 Å². The number of hydrogen-bond donors (Lipinski definition) is 0. The number of tetrazole rings is 1. The Morgan fingerprint density at radius 2 is 2.35 bits per heavy atom. The number of carbonyl (C=O) groups is 1. The van der Waals surface area contributed by atoms with Gasteiger partial charge in [0.05, 0.1) is 17.6 Å². The number of halogens is 1. The van der Waals surface area contributed by atoms with Gasteiger partial charge in [0.25, 0.3) is 0 Å². The Morgan fingerprint density at radius 3 is 3.00 bits per heavy atom. The van der Waals surface area contributed by atoms with Gasteiger partial charge in [0.2, 0.25) is 5.82 Å². The molecule has 17 heavy (non-hydrogen) atoms. The molecule has 7 heteroatoms. The molecule has 0 atom stereocenters. The van der Waals surface area contributed by atoms with Crippen LogP contribution in [0.1, 0.15) is 16.2 Å². The smallest absolute Gasteiger partial charge is 0.212 e. The molecule has 0 aliphatic carbocycles. The van der Waals surface area contributed by atoms with E-state index < -0.39 is 0 Å². The van der Waals surface area contributed by atoms with Crippen molar-refractivity contribution in [2.45, 2.75) is 6.61 Å². The predicted molar refractivity (Wildman–Crippen MR) is 60.0 cm³/mol. The molecule has 0 unspecified atom stereocenters. The number of hydrogen-bond acceptors (Lipinski definition) is 5. The van der Waals surface area contributed by atoms with E-state index in [1.807, 2.05) is 0 Å². The normalized spacial score (nSPS) is 10.2. The SMILES string of the molecule is Cn1nnc(COc2c(Cl)cccc2C=O)n1. The largest absolute Gasteiger partial charge is 0.483 e. The van der Waals surface area contributed by atoms with E-state index in [2.05, 4.69) is 15.4 Å². The standard InChI is InChI=1S/C10H9ClN4O2/c1-15-13-9(12-14-15)6-17-10-7(5-16)3-2-4-8(10)11/h2-5H,6H2,1H3. The molecule has 0 saturated heterocycles. The molecule has 2 rings (SSSR count). The van der Waals surface area contributed by atoms with E-state index in [0.717, 1.165) is 0 Å². The lowest BCUT2D eigenvalue weighted by molar-refractivity contribution is 0.111. The van der Waals surface area contributed by atoms with Crippen molar-refractivity contribution in [3.63, 3.8) is 0 Å². The summed E-state index contributed by atoms with van der Waals surface area (Å²) in [7, 11) is 1.66. The Bertz CT molecular complexity index is 541. The third kappa shape index (κ3) is 2.59. The second-order valence-electron chi connectivity index (χ2n) is 3.26. The van der Waals surface area contributed by atoms with Crippen LogP contribution in [0.15, 0.2) is 18.2 Å². The van der Waals surface area contributed by atoms with E-state index >= 15 is 0 Å². The molecule has 0 N–H and O–H groups in total. The predicted octanol–water partition coefficient (Wildman–Crippen LogP) is 1.25. The van der Waals surface area contributed by atoms with Gasteiger partial charge in [-0.25, -0.2) is 0 Å². The second kappa shape index (κ2) is 4.92. The number of para-hydroxylation sites is 1. The average molecular weight is 253 g/mol. The molecule has 0 bridgehead atoms. The van der Waals surface area contributed by atoms with E-state index in [1.54, 1.807) is 25.2 Å². The van der Waals surface area contributed by atoms with Crippen LogP contribution in [0.4, 0.5) is 0 Å². The van der Waals surface area contributed by atoms with Crippen LogP contribution in [0.3, 0.4) is 0 Å². The summed E-state index contributed by atoms with van der Waals surface area (Å²) in [5.41, 5.74) is 0.390. The molecule has 1 heterocycles. The van der Waals surface area contributed by atoms with Crippen LogP contribution < -0.4 is 4.74 Å². The van der Waals surface area contributed by atoms with Crippen LogP contribution in [0.25, 0.3) is 0 Å². The average Bonchev–Trinajstić information content (AvgIpc) is 2.73. The summed E-state index contributed by atoms with van der Waals surface area (Å²) >= 11 is 5.93. The fourth-order valence-corrected chi connectivity index (χ4v) is 1.52. The van der Waals surface area contributed by atoms with Crippen LogP contribution in [-0.4, -0.2) is 26.5 Å². The number of aryl methyl sites for hydroxylation is 1. The molecule has 0 spiro atoms. The highest BCUT2D eigenvalue weighted by molar-refractivity contribution is 6.32. The van der Waals surface area contributed by atoms with Gasteiger partial charge in [-0.1, -0.05) is 17.7 Å². The summed E-state index contributed by atoms with van der Waals surface area (Å²) in [6.45, 7) is 0.110. The summed E-state index contributed by atoms with van der Waals surface area (Å²) in [4.78, 5) is 12.1. The number of benzene rings is 1. The lowest BCUT2D eigenvalue weighted by Gasteiger charge is -2.07. The number of aromatic nitrogens is 4. The highest BCUT2D eigenvalue weighted by atomic mass is 35.5. The highest BCUT2D eigenvalue weighted by Gasteiger charge is 2.09. The maximum Gasteiger partial charge on any atom is 0.212 e. The molecule has 0 aliphatic rings. The van der Waals surface area contributed by atoms with Gasteiger partial charge in [0.15, 0.2) is 12.9 Å². The van der Waals surface area contributed by atoms with E-state index in [0.29, 0.717) is 28.4 Å². The van der Waals surface area contributed by atoms with Gasteiger partial charge in [0.1, 0.15) is 5.75 Å². The molecule has 0 saturated carbocycles. The summed E-state index contributed by atoms with van der Waals surface area (Å²) in [5.74, 6) is 0.751. The second-order valence-corrected chi connectivity index (χ2v) is 3.67. The van der Waals surface area contributed by atoms with Gasteiger partial charge >= 0.3 is 0 Å². The molecule has 2 aromatic rings. The minimum atomic E-state index is 0.110. The topological polar surface area (TPSA) is 69.9 Å². The van der Waals surface area contributed by atoms with Crippen LogP contribution in [0, 0.1) is 0 Å². The van der Waals surface area contributed by atoms with Crippen molar-refractivity contribution < 1.29 is 9.53 Å². The molecule has 0 aliphatic heterocycles. The maximum atomic E-state index is 10.8. The Balaban J connectivity index is 2.16. The zero-order chi connectivity index (χ0) is 12.3. The Hall–Kier alpha value is -1.95. The van der Waals surface area contributed by atoms with Crippen molar-refractivity contribution >= 4 is 17.9 Å². The van der Waals surface area contributed by atoms with E-state index in [-0.39, 0.29) is 6.61 Å². The third-order valence-corrected chi connectivity index (χ3v) is 2.32. The minimum absolute atomic E-state index is 0.110. The van der Waals surface area contributed by atoms with Gasteiger partial charge in [-0.2, -0.15) is 4.80 Å². The lowest BCUT2D eigenvalue weighted by atomic mass is 10.2. The van der Waals surface area contributed by atoms with Crippen molar-refractivity contribution in [2.24, 2.45) is 7.05 Å². The van der Waals surface area contributed by atoms with Crippen molar-refractivity contribution in [1.82, 2.24) is 20.2 Å². The Labute approximate surface area is 102 Å². The third-order valence-electron chi connectivity index (χ3n) is 2.02. The molecule has 1 aromatic heterocycles. The van der Waals surface area contributed by atoms with Crippen LogP contribution in [0.2, 0.25) is 5.02 Å².